The molecule has 28 heavy (non-hydrogen) atoms. The van der Waals surface area contributed by atoms with E-state index in [1.807, 2.05) is 24.7 Å². The Morgan fingerprint density at radius 2 is 2.07 bits per heavy atom. The molecule has 2 aromatic heterocycles. The number of aliphatic hydroxyl groups excluding tert-OH is 1. The molecule has 6 nitrogen and oxygen atoms in total. The minimum Gasteiger partial charge on any atom is -0.396 e. The Kier molecular flexibility index (Phi) is 5.03. The zero-order valence-electron chi connectivity index (χ0n) is 16.2. The first-order valence-corrected chi connectivity index (χ1v) is 9.50. The Hall–Kier alpha value is -2.51. The van der Waals surface area contributed by atoms with Gasteiger partial charge < -0.3 is 9.63 Å². The lowest BCUT2D eigenvalue weighted by molar-refractivity contribution is 0.124. The van der Waals surface area contributed by atoms with Crippen molar-refractivity contribution in [3.63, 3.8) is 0 Å². The van der Waals surface area contributed by atoms with Crippen molar-refractivity contribution >= 4 is 0 Å². The fourth-order valence-corrected chi connectivity index (χ4v) is 4.01. The fourth-order valence-electron chi connectivity index (χ4n) is 4.01. The Balaban J connectivity index is 1.42. The number of hydrogen-bond acceptors (Lipinski definition) is 5. The Morgan fingerprint density at radius 1 is 1.29 bits per heavy atom. The summed E-state index contributed by atoms with van der Waals surface area (Å²) in [7, 11) is 1.90. The van der Waals surface area contributed by atoms with Crippen LogP contribution in [0.3, 0.4) is 0 Å². The molecule has 1 atom stereocenters. The van der Waals surface area contributed by atoms with E-state index >= 15 is 0 Å². The van der Waals surface area contributed by atoms with Crippen LogP contribution in [0.5, 0.6) is 0 Å². The van der Waals surface area contributed by atoms with Gasteiger partial charge in [0.05, 0.1) is 19.3 Å². The van der Waals surface area contributed by atoms with Crippen molar-refractivity contribution in [1.29, 1.82) is 0 Å². The first kappa shape index (κ1) is 18.8. The second kappa shape index (κ2) is 7.48. The molecule has 4 rings (SSSR count). The molecule has 0 amide bonds. The number of aliphatic hydroxyl groups is 1. The third kappa shape index (κ3) is 3.72. The van der Waals surface area contributed by atoms with Gasteiger partial charge in [0.25, 0.3) is 0 Å². The molecular formula is C21H25FN4O2. The van der Waals surface area contributed by atoms with Gasteiger partial charge in [-0.15, -0.1) is 0 Å². The summed E-state index contributed by atoms with van der Waals surface area (Å²) in [5.41, 5.74) is 3.64. The Morgan fingerprint density at radius 3 is 2.75 bits per heavy atom. The molecule has 1 aliphatic rings. The molecular weight excluding hydrogens is 359 g/mol. The van der Waals surface area contributed by atoms with E-state index < -0.39 is 0 Å². The molecule has 1 fully saturated rings. The third-order valence-corrected chi connectivity index (χ3v) is 5.79. The number of aryl methyl sites for hydroxylation is 1. The predicted octanol–water partition coefficient (Wildman–Crippen LogP) is 2.95. The second-order valence-corrected chi connectivity index (χ2v) is 7.87. The molecule has 0 bridgehead atoms. The second-order valence-electron chi connectivity index (χ2n) is 7.87. The lowest BCUT2D eigenvalue weighted by atomic mass is 9.81. The Bertz CT molecular complexity index is 950. The normalized spacial score (nSPS) is 20.1. The summed E-state index contributed by atoms with van der Waals surface area (Å²) in [6, 6.07) is 8.51. The highest BCUT2D eigenvalue weighted by molar-refractivity contribution is 5.60. The van der Waals surface area contributed by atoms with Crippen molar-refractivity contribution in [2.75, 3.05) is 19.7 Å². The standard InChI is InChI=1S/C21H25FN4O2/c1-15-19(11-23-25(15)2)20-9-18(28-24-20)12-26-8-7-21(13-26,14-27)10-16-3-5-17(22)6-4-16/h3-6,9,11,27H,7-8,10,12-14H2,1-2H3. The predicted molar refractivity (Wildman–Crippen MR) is 103 cm³/mol. The van der Waals surface area contributed by atoms with Crippen LogP contribution in [0.15, 0.2) is 41.1 Å². The number of halogens is 1. The van der Waals surface area contributed by atoms with Gasteiger partial charge >= 0.3 is 0 Å². The highest BCUT2D eigenvalue weighted by Gasteiger charge is 2.38. The topological polar surface area (TPSA) is 67.3 Å². The zero-order valence-corrected chi connectivity index (χ0v) is 16.2. The summed E-state index contributed by atoms with van der Waals surface area (Å²) in [5.74, 6) is 0.564. The first-order chi connectivity index (χ1) is 13.5. The van der Waals surface area contributed by atoms with Crippen LogP contribution in [-0.2, 0) is 20.0 Å². The number of nitrogens with zero attached hydrogens (tertiary/aromatic N) is 4. The van der Waals surface area contributed by atoms with E-state index in [0.29, 0.717) is 6.54 Å². The quantitative estimate of drug-likeness (QED) is 0.708. The molecule has 1 aromatic carbocycles. The average molecular weight is 384 g/mol. The molecule has 0 radical (unpaired) electrons. The average Bonchev–Trinajstić information content (AvgIpc) is 3.39. The number of benzene rings is 1. The van der Waals surface area contributed by atoms with Gasteiger partial charge in [-0.1, -0.05) is 17.3 Å². The number of hydrogen-bond donors (Lipinski definition) is 1. The maximum Gasteiger partial charge on any atom is 0.151 e. The van der Waals surface area contributed by atoms with Gasteiger partial charge in [0.1, 0.15) is 11.5 Å². The minimum absolute atomic E-state index is 0.109. The van der Waals surface area contributed by atoms with Gasteiger partial charge in [-0.25, -0.2) is 4.39 Å². The van der Waals surface area contributed by atoms with Crippen LogP contribution in [0.2, 0.25) is 0 Å². The summed E-state index contributed by atoms with van der Waals surface area (Å²) in [6.07, 6.45) is 3.42. The number of rotatable bonds is 6. The monoisotopic (exact) mass is 384 g/mol. The summed E-state index contributed by atoms with van der Waals surface area (Å²) >= 11 is 0. The van der Waals surface area contributed by atoms with Crippen LogP contribution < -0.4 is 0 Å². The van der Waals surface area contributed by atoms with Gasteiger partial charge in [0, 0.05) is 36.3 Å². The summed E-state index contributed by atoms with van der Waals surface area (Å²) < 4.78 is 20.5. The van der Waals surface area contributed by atoms with Crippen LogP contribution in [0, 0.1) is 18.2 Å². The van der Waals surface area contributed by atoms with Crippen LogP contribution in [-0.4, -0.2) is 44.6 Å². The molecule has 1 saturated heterocycles. The van der Waals surface area contributed by atoms with Crippen molar-refractivity contribution < 1.29 is 14.0 Å². The van der Waals surface area contributed by atoms with Crippen molar-refractivity contribution in [3.8, 4) is 11.3 Å². The van der Waals surface area contributed by atoms with Crippen molar-refractivity contribution in [3.05, 3.63) is 59.4 Å². The Labute approximate surface area is 163 Å². The van der Waals surface area contributed by atoms with E-state index in [4.69, 9.17) is 4.52 Å². The van der Waals surface area contributed by atoms with E-state index in [0.717, 1.165) is 54.2 Å². The molecule has 148 valence electrons. The summed E-state index contributed by atoms with van der Waals surface area (Å²) in [6.45, 7) is 4.41. The smallest absolute Gasteiger partial charge is 0.151 e. The molecule has 0 spiro atoms. The molecule has 1 unspecified atom stereocenters. The van der Waals surface area contributed by atoms with Gasteiger partial charge in [0.2, 0.25) is 0 Å². The summed E-state index contributed by atoms with van der Waals surface area (Å²) in [5, 5.41) is 18.5. The van der Waals surface area contributed by atoms with Crippen molar-refractivity contribution in [1.82, 2.24) is 19.8 Å². The van der Waals surface area contributed by atoms with Gasteiger partial charge in [0.15, 0.2) is 5.76 Å². The molecule has 0 saturated carbocycles. The van der Waals surface area contributed by atoms with E-state index in [-0.39, 0.29) is 17.8 Å². The highest BCUT2D eigenvalue weighted by atomic mass is 19.1. The number of aromatic nitrogens is 3. The molecule has 1 N–H and O–H groups in total. The number of likely N-dealkylation sites (tertiary alicyclic amines) is 1. The molecule has 7 heteroatoms. The molecule has 1 aliphatic heterocycles. The van der Waals surface area contributed by atoms with Crippen molar-refractivity contribution in [2.24, 2.45) is 12.5 Å². The van der Waals surface area contributed by atoms with Gasteiger partial charge in [-0.05, 0) is 44.0 Å². The van der Waals surface area contributed by atoms with E-state index in [1.165, 1.54) is 12.1 Å². The third-order valence-electron chi connectivity index (χ3n) is 5.79. The summed E-state index contributed by atoms with van der Waals surface area (Å²) in [4.78, 5) is 2.28. The lowest BCUT2D eigenvalue weighted by Crippen LogP contribution is -2.32. The van der Waals surface area contributed by atoms with Crippen LogP contribution in [0.1, 0.15) is 23.4 Å². The van der Waals surface area contributed by atoms with Crippen LogP contribution >= 0.6 is 0 Å². The SMILES string of the molecule is Cc1c(-c2cc(CN3CCC(CO)(Cc4ccc(F)cc4)C3)on2)cnn1C. The van der Waals surface area contributed by atoms with Crippen LogP contribution in [0.4, 0.5) is 4.39 Å². The van der Waals surface area contributed by atoms with E-state index in [1.54, 1.807) is 18.3 Å². The van der Waals surface area contributed by atoms with Gasteiger partial charge in [-0.3, -0.25) is 9.58 Å². The van der Waals surface area contributed by atoms with Crippen LogP contribution in [0.25, 0.3) is 11.3 Å². The molecule has 3 aromatic rings. The maximum atomic E-state index is 13.2. The maximum absolute atomic E-state index is 13.2. The molecule has 0 aliphatic carbocycles. The van der Waals surface area contributed by atoms with Gasteiger partial charge in [-0.2, -0.15) is 5.10 Å². The van der Waals surface area contributed by atoms with Crippen molar-refractivity contribution in [2.45, 2.75) is 26.3 Å². The molecule has 3 heterocycles. The first-order valence-electron chi connectivity index (χ1n) is 9.50. The van der Waals surface area contributed by atoms with E-state index in [2.05, 4.69) is 15.2 Å². The largest absolute Gasteiger partial charge is 0.396 e. The fraction of sp³-hybridized carbons (Fsp3) is 0.429. The minimum atomic E-state index is -0.236. The van der Waals surface area contributed by atoms with E-state index in [9.17, 15) is 9.50 Å². The lowest BCUT2D eigenvalue weighted by Gasteiger charge is -2.27. The zero-order chi connectivity index (χ0) is 19.7. The highest BCUT2D eigenvalue weighted by Crippen LogP contribution is 2.35.